The molecular weight excluding hydrogens is 222 g/mol. The number of unbranched alkanes of at least 4 members (excludes halogenated alkanes) is 3. The largest absolute Gasteiger partial charge is 0.493 e. The number of nitrogens with one attached hydrogen (secondary N) is 1. The Bertz CT molecular complexity index is 323. The van der Waals surface area contributed by atoms with Crippen molar-refractivity contribution in [2.45, 2.75) is 45.4 Å². The molecule has 0 amide bonds. The lowest BCUT2D eigenvalue weighted by atomic mass is 10.0. The van der Waals surface area contributed by atoms with Crippen LogP contribution in [-0.4, -0.2) is 20.2 Å². The van der Waals surface area contributed by atoms with Crippen LogP contribution in [-0.2, 0) is 0 Å². The first kappa shape index (κ1) is 15.0. The minimum Gasteiger partial charge on any atom is -0.493 e. The van der Waals surface area contributed by atoms with E-state index in [1.165, 1.54) is 24.8 Å². The summed E-state index contributed by atoms with van der Waals surface area (Å²) >= 11 is 0. The molecule has 0 aliphatic carbocycles. The van der Waals surface area contributed by atoms with Crippen LogP contribution in [0.5, 0.6) is 5.75 Å². The Morgan fingerprint density at radius 2 is 1.78 bits per heavy atom. The highest BCUT2D eigenvalue weighted by molar-refractivity contribution is 5.35. The fraction of sp³-hybridized carbons (Fsp3) is 0.625. The molecule has 0 aromatic heterocycles. The van der Waals surface area contributed by atoms with Crippen molar-refractivity contribution in [3.05, 3.63) is 29.8 Å². The number of ether oxygens (including phenoxy) is 1. The maximum atomic E-state index is 5.89. The molecular formula is C16H27NO. The van der Waals surface area contributed by atoms with Gasteiger partial charge in [0.1, 0.15) is 5.75 Å². The van der Waals surface area contributed by atoms with Crippen LogP contribution < -0.4 is 10.1 Å². The minimum atomic E-state index is 0.525. The average molecular weight is 249 g/mol. The fourth-order valence-electron chi connectivity index (χ4n) is 2.03. The van der Waals surface area contributed by atoms with Crippen molar-refractivity contribution in [3.63, 3.8) is 0 Å². The summed E-state index contributed by atoms with van der Waals surface area (Å²) in [6.07, 6.45) is 4.96. The first-order valence-electron chi connectivity index (χ1n) is 7.12. The Kier molecular flexibility index (Phi) is 7.51. The SMILES string of the molecule is CNCCCCCCOc1ccccc1C(C)C. The van der Waals surface area contributed by atoms with E-state index >= 15 is 0 Å². The van der Waals surface area contributed by atoms with Gasteiger partial charge in [-0.05, 0) is 44.0 Å². The van der Waals surface area contributed by atoms with Crippen LogP contribution in [0.4, 0.5) is 0 Å². The molecule has 2 nitrogen and oxygen atoms in total. The maximum Gasteiger partial charge on any atom is 0.122 e. The number of hydrogen-bond acceptors (Lipinski definition) is 2. The number of rotatable bonds is 9. The van der Waals surface area contributed by atoms with Crippen LogP contribution in [0.2, 0.25) is 0 Å². The molecule has 0 heterocycles. The number of para-hydroxylation sites is 1. The third-order valence-electron chi connectivity index (χ3n) is 3.12. The molecule has 102 valence electrons. The third-order valence-corrected chi connectivity index (χ3v) is 3.12. The molecule has 1 N–H and O–H groups in total. The molecule has 0 atom stereocenters. The van der Waals surface area contributed by atoms with E-state index in [9.17, 15) is 0 Å². The topological polar surface area (TPSA) is 21.3 Å². The van der Waals surface area contributed by atoms with Crippen LogP contribution in [0, 0.1) is 0 Å². The molecule has 18 heavy (non-hydrogen) atoms. The Morgan fingerprint density at radius 1 is 1.06 bits per heavy atom. The number of benzene rings is 1. The Labute approximate surface area is 112 Å². The van der Waals surface area contributed by atoms with E-state index in [0.717, 1.165) is 25.3 Å². The van der Waals surface area contributed by atoms with Crippen LogP contribution in [0.15, 0.2) is 24.3 Å². The molecule has 0 bridgehead atoms. The molecule has 0 saturated heterocycles. The Morgan fingerprint density at radius 3 is 2.50 bits per heavy atom. The minimum absolute atomic E-state index is 0.525. The summed E-state index contributed by atoms with van der Waals surface area (Å²) < 4.78 is 5.89. The van der Waals surface area contributed by atoms with Gasteiger partial charge >= 0.3 is 0 Å². The van der Waals surface area contributed by atoms with Crippen molar-refractivity contribution < 1.29 is 4.74 Å². The van der Waals surface area contributed by atoms with Crippen LogP contribution in [0.1, 0.15) is 51.0 Å². The maximum absolute atomic E-state index is 5.89. The lowest BCUT2D eigenvalue weighted by molar-refractivity contribution is 0.300. The van der Waals surface area contributed by atoms with Crippen LogP contribution >= 0.6 is 0 Å². The lowest BCUT2D eigenvalue weighted by Crippen LogP contribution is -2.07. The molecule has 0 spiro atoms. The predicted molar refractivity (Wildman–Crippen MR) is 78.4 cm³/mol. The van der Waals surface area contributed by atoms with E-state index in [0.29, 0.717) is 5.92 Å². The van der Waals surface area contributed by atoms with E-state index in [-0.39, 0.29) is 0 Å². The monoisotopic (exact) mass is 249 g/mol. The first-order valence-corrected chi connectivity index (χ1v) is 7.12. The van der Waals surface area contributed by atoms with Gasteiger partial charge in [-0.15, -0.1) is 0 Å². The average Bonchev–Trinajstić information content (AvgIpc) is 2.38. The van der Waals surface area contributed by atoms with Crippen molar-refractivity contribution in [1.29, 1.82) is 0 Å². The fourth-order valence-corrected chi connectivity index (χ4v) is 2.03. The summed E-state index contributed by atoms with van der Waals surface area (Å²) in [5.41, 5.74) is 1.31. The molecule has 0 saturated carbocycles. The highest BCUT2D eigenvalue weighted by Crippen LogP contribution is 2.25. The van der Waals surface area contributed by atoms with Gasteiger partial charge in [-0.2, -0.15) is 0 Å². The number of hydrogen-bond donors (Lipinski definition) is 1. The first-order chi connectivity index (χ1) is 8.75. The Balaban J connectivity index is 2.23. The van der Waals surface area contributed by atoms with Crippen molar-refractivity contribution >= 4 is 0 Å². The highest BCUT2D eigenvalue weighted by Gasteiger charge is 2.06. The van der Waals surface area contributed by atoms with Gasteiger partial charge in [0.05, 0.1) is 6.61 Å². The lowest BCUT2D eigenvalue weighted by Gasteiger charge is -2.13. The smallest absolute Gasteiger partial charge is 0.122 e. The Hall–Kier alpha value is -1.02. The normalized spacial score (nSPS) is 10.9. The molecule has 1 aromatic rings. The van der Waals surface area contributed by atoms with Crippen LogP contribution in [0.25, 0.3) is 0 Å². The molecule has 0 aliphatic rings. The second-order valence-corrected chi connectivity index (χ2v) is 5.06. The van der Waals surface area contributed by atoms with Gasteiger partial charge in [0.2, 0.25) is 0 Å². The molecule has 0 fully saturated rings. The van der Waals surface area contributed by atoms with Crippen molar-refractivity contribution in [3.8, 4) is 5.75 Å². The standard InChI is InChI=1S/C16H27NO/c1-14(2)15-10-6-7-11-16(15)18-13-9-5-4-8-12-17-3/h6-7,10-11,14,17H,4-5,8-9,12-13H2,1-3H3. The van der Waals surface area contributed by atoms with Gasteiger partial charge in [0.15, 0.2) is 0 Å². The molecule has 1 rings (SSSR count). The van der Waals surface area contributed by atoms with Gasteiger partial charge in [-0.3, -0.25) is 0 Å². The molecule has 1 aromatic carbocycles. The van der Waals surface area contributed by atoms with Gasteiger partial charge < -0.3 is 10.1 Å². The third kappa shape index (κ3) is 5.54. The zero-order valence-corrected chi connectivity index (χ0v) is 12.0. The van der Waals surface area contributed by atoms with Gasteiger partial charge in [-0.25, -0.2) is 0 Å². The zero-order valence-electron chi connectivity index (χ0n) is 12.0. The van der Waals surface area contributed by atoms with Gasteiger partial charge in [0.25, 0.3) is 0 Å². The van der Waals surface area contributed by atoms with Crippen molar-refractivity contribution in [1.82, 2.24) is 5.32 Å². The summed E-state index contributed by atoms with van der Waals surface area (Å²) in [7, 11) is 2.01. The van der Waals surface area contributed by atoms with Crippen molar-refractivity contribution in [2.75, 3.05) is 20.2 Å². The second kappa shape index (κ2) is 8.98. The molecule has 0 radical (unpaired) electrons. The summed E-state index contributed by atoms with van der Waals surface area (Å²) in [4.78, 5) is 0. The molecule has 0 aliphatic heterocycles. The highest BCUT2D eigenvalue weighted by atomic mass is 16.5. The van der Waals surface area contributed by atoms with Gasteiger partial charge in [0, 0.05) is 0 Å². The molecule has 0 unspecified atom stereocenters. The van der Waals surface area contributed by atoms with E-state index in [4.69, 9.17) is 4.74 Å². The summed E-state index contributed by atoms with van der Waals surface area (Å²) in [5.74, 6) is 1.58. The van der Waals surface area contributed by atoms with Crippen molar-refractivity contribution in [2.24, 2.45) is 0 Å². The van der Waals surface area contributed by atoms with Gasteiger partial charge in [-0.1, -0.05) is 44.9 Å². The quantitative estimate of drug-likeness (QED) is 0.669. The summed E-state index contributed by atoms with van der Waals surface area (Å²) in [6.45, 7) is 6.38. The van der Waals surface area contributed by atoms with Crippen LogP contribution in [0.3, 0.4) is 0 Å². The van der Waals surface area contributed by atoms with E-state index in [2.05, 4.69) is 37.4 Å². The zero-order chi connectivity index (χ0) is 13.2. The summed E-state index contributed by atoms with van der Waals surface area (Å²) in [5, 5.41) is 3.17. The van der Waals surface area contributed by atoms with E-state index in [1.807, 2.05) is 13.1 Å². The molecule has 2 heteroatoms. The second-order valence-electron chi connectivity index (χ2n) is 5.06. The van der Waals surface area contributed by atoms with E-state index < -0.39 is 0 Å². The predicted octanol–water partition coefficient (Wildman–Crippen LogP) is 3.97. The van der Waals surface area contributed by atoms with E-state index in [1.54, 1.807) is 0 Å². The summed E-state index contributed by atoms with van der Waals surface area (Å²) in [6, 6.07) is 8.37.